The van der Waals surface area contributed by atoms with Gasteiger partial charge in [-0.25, -0.2) is 28.9 Å². The minimum atomic E-state index is -0.762. The van der Waals surface area contributed by atoms with Crippen LogP contribution in [-0.4, -0.2) is 89.2 Å². The van der Waals surface area contributed by atoms with Gasteiger partial charge in [-0.15, -0.1) is 11.3 Å². The molecule has 3 aliphatic heterocycles. The predicted octanol–water partition coefficient (Wildman–Crippen LogP) is 9.23. The third kappa shape index (κ3) is 7.46. The van der Waals surface area contributed by atoms with E-state index in [1.54, 1.807) is 33.5 Å². The van der Waals surface area contributed by atoms with Gasteiger partial charge in [0.15, 0.2) is 5.01 Å². The van der Waals surface area contributed by atoms with Gasteiger partial charge >= 0.3 is 12.2 Å². The first-order valence-corrected chi connectivity index (χ1v) is 23.0. The highest BCUT2D eigenvalue weighted by Crippen LogP contribution is 2.48. The summed E-state index contributed by atoms with van der Waals surface area (Å²) >= 11 is 1.65. The zero-order valence-corrected chi connectivity index (χ0v) is 37.6. The van der Waals surface area contributed by atoms with Crippen LogP contribution >= 0.6 is 11.3 Å². The first-order valence-electron chi connectivity index (χ1n) is 22.1. The van der Waals surface area contributed by atoms with Crippen molar-refractivity contribution >= 4 is 40.3 Å². The molecular weight excluding hydrogens is 838 g/mol. The van der Waals surface area contributed by atoms with E-state index in [1.165, 1.54) is 18.1 Å². The van der Waals surface area contributed by atoms with Gasteiger partial charge in [0.05, 0.1) is 65.4 Å². The molecule has 10 rings (SSSR count). The number of imidazole rings is 2. The number of nitrogens with one attached hydrogen (secondary N) is 3. The Bertz CT molecular complexity index is 2780. The Morgan fingerprint density at radius 1 is 0.922 bits per heavy atom. The summed E-state index contributed by atoms with van der Waals surface area (Å²) in [6.07, 6.45) is 7.88. The highest BCUT2D eigenvalue weighted by atomic mass is 32.1. The number of aromatic amines is 2. The monoisotopic (exact) mass is 889 g/mol. The number of methoxy groups -OCH3 is 1. The molecule has 17 heteroatoms. The molecule has 334 valence electrons. The molecule has 4 atom stereocenters. The molecule has 0 radical (unpaired) electrons. The largest absolute Gasteiger partial charge is 0.462 e. The summed E-state index contributed by atoms with van der Waals surface area (Å²) in [6, 6.07) is 10.1. The number of aryl methyl sites for hydroxylation is 2. The Balaban J connectivity index is 0.979. The average Bonchev–Trinajstić information content (AvgIpc) is 4.11. The molecule has 15 nitrogen and oxygen atoms in total. The molecule has 0 spiro atoms. The van der Waals surface area contributed by atoms with Crippen molar-refractivity contribution in [2.24, 2.45) is 5.92 Å². The number of H-pyrrole nitrogens is 2. The predicted molar refractivity (Wildman–Crippen MR) is 238 cm³/mol. The van der Waals surface area contributed by atoms with Gasteiger partial charge in [0.2, 0.25) is 12.1 Å². The van der Waals surface area contributed by atoms with E-state index in [1.807, 2.05) is 63.5 Å². The van der Waals surface area contributed by atoms with Gasteiger partial charge in [0, 0.05) is 34.5 Å². The topological polar surface area (TPSA) is 173 Å². The summed E-state index contributed by atoms with van der Waals surface area (Å²) in [4.78, 5) is 65.1. The number of fused-ring (bicyclic) bond motifs is 6. The van der Waals surface area contributed by atoms with E-state index in [-0.39, 0.29) is 30.0 Å². The third-order valence-corrected chi connectivity index (χ3v) is 13.9. The number of hydrogen-bond donors (Lipinski definition) is 3. The Kier molecular flexibility index (Phi) is 10.5. The molecule has 2 fully saturated rings. The first kappa shape index (κ1) is 41.8. The van der Waals surface area contributed by atoms with Gasteiger partial charge in [-0.1, -0.05) is 19.9 Å². The van der Waals surface area contributed by atoms with Crippen molar-refractivity contribution in [2.45, 2.75) is 110 Å². The average molecular weight is 890 g/mol. The Hall–Kier alpha value is -6.23. The minimum Gasteiger partial charge on any atom is -0.462 e. The van der Waals surface area contributed by atoms with E-state index in [4.69, 9.17) is 29.2 Å². The van der Waals surface area contributed by atoms with E-state index in [0.717, 1.165) is 71.4 Å². The molecule has 3 amide bonds. The van der Waals surface area contributed by atoms with Crippen molar-refractivity contribution in [1.82, 2.24) is 44.6 Å². The second-order valence-corrected chi connectivity index (χ2v) is 19.6. The fourth-order valence-corrected chi connectivity index (χ4v) is 10.8. The van der Waals surface area contributed by atoms with Gasteiger partial charge < -0.3 is 34.4 Å². The van der Waals surface area contributed by atoms with Gasteiger partial charge in [-0.3, -0.25) is 14.3 Å². The molecule has 64 heavy (non-hydrogen) atoms. The molecule has 0 saturated carbocycles. The summed E-state index contributed by atoms with van der Waals surface area (Å²) in [5, 5.41) is 4.39. The van der Waals surface area contributed by atoms with Crippen LogP contribution in [0.15, 0.2) is 48.8 Å². The van der Waals surface area contributed by atoms with Crippen molar-refractivity contribution in [3.8, 4) is 39.5 Å². The molecular formula is C47H52FN9O6S. The number of alkyl carbamates (subject to hydrolysis) is 1. The van der Waals surface area contributed by atoms with Crippen molar-refractivity contribution in [3.05, 3.63) is 81.8 Å². The van der Waals surface area contributed by atoms with Gasteiger partial charge in [0.25, 0.3) is 0 Å². The van der Waals surface area contributed by atoms with E-state index in [9.17, 15) is 14.4 Å². The number of halogens is 1. The number of carbonyl (C=O) groups excluding carboxylic acids is 3. The van der Waals surface area contributed by atoms with Crippen LogP contribution in [0, 0.1) is 11.7 Å². The van der Waals surface area contributed by atoms with E-state index in [0.29, 0.717) is 59.4 Å². The molecule has 7 heterocycles. The summed E-state index contributed by atoms with van der Waals surface area (Å²) in [5.74, 6) is 0.847. The lowest BCUT2D eigenvalue weighted by atomic mass is 10.0. The normalized spacial score (nSPS) is 19.7. The maximum absolute atomic E-state index is 16.8. The van der Waals surface area contributed by atoms with E-state index < -0.39 is 29.8 Å². The quantitative estimate of drug-likeness (QED) is 0.135. The van der Waals surface area contributed by atoms with Crippen LogP contribution in [0.4, 0.5) is 14.0 Å². The van der Waals surface area contributed by atoms with Crippen LogP contribution in [0.2, 0.25) is 0 Å². The van der Waals surface area contributed by atoms with Crippen LogP contribution in [0.1, 0.15) is 112 Å². The minimum absolute atomic E-state index is 0.167. The fourth-order valence-electron chi connectivity index (χ4n) is 9.67. The molecule has 6 aromatic rings. The molecule has 2 saturated heterocycles. The number of amides is 3. The second-order valence-electron chi connectivity index (χ2n) is 18.5. The number of carbonyl (C=O) groups is 3. The number of benzene rings is 2. The molecule has 4 aromatic heterocycles. The maximum atomic E-state index is 16.8. The van der Waals surface area contributed by atoms with Crippen molar-refractivity contribution in [2.75, 3.05) is 20.2 Å². The number of nitrogens with zero attached hydrogens (tertiary/aromatic N) is 6. The number of thiazole rings is 1. The number of rotatable bonds is 8. The summed E-state index contributed by atoms with van der Waals surface area (Å²) in [7, 11) is 1.27. The van der Waals surface area contributed by atoms with Crippen LogP contribution in [0.3, 0.4) is 0 Å². The Labute approximate surface area is 373 Å². The molecule has 1 aliphatic carbocycles. The van der Waals surface area contributed by atoms with E-state index >= 15 is 4.39 Å². The van der Waals surface area contributed by atoms with Gasteiger partial charge in [0.1, 0.15) is 34.9 Å². The Morgan fingerprint density at radius 2 is 1.62 bits per heavy atom. The molecule has 4 unspecified atom stereocenters. The lowest BCUT2D eigenvalue weighted by Crippen LogP contribution is -2.51. The lowest BCUT2D eigenvalue weighted by molar-refractivity contribution is -0.135. The zero-order valence-electron chi connectivity index (χ0n) is 36.8. The third-order valence-electron chi connectivity index (χ3n) is 12.7. The van der Waals surface area contributed by atoms with Crippen molar-refractivity contribution in [3.63, 3.8) is 0 Å². The number of aromatic nitrogens is 6. The number of hydrogen-bond acceptors (Lipinski definition) is 10. The summed E-state index contributed by atoms with van der Waals surface area (Å²) in [5.41, 5.74) is 5.22. The summed E-state index contributed by atoms with van der Waals surface area (Å²) in [6.45, 7) is 10.5. The fraction of sp³-hybridized carbons (Fsp3) is 0.447. The lowest BCUT2D eigenvalue weighted by Gasteiger charge is -2.30. The zero-order chi connectivity index (χ0) is 44.6. The van der Waals surface area contributed by atoms with Crippen molar-refractivity contribution in [1.29, 1.82) is 0 Å². The second kappa shape index (κ2) is 16.1. The number of likely N-dealkylation sites (tertiary alicyclic amines) is 2. The standard InChI is InChI=1S/C47H52FN9O6S/c1-24(2)39(54-45(59)61-6)43(58)55-16-8-11-33(55)40-50-23-31(52-40)26-19-28(48)38-35-20-27-18-25(30-22-49-41(51-30)34-12-9-17-56(34)46(60)63-47(3,4)5)14-15-32(27)57(35)44(62-36(38)21-26)42-53-29-10-7-13-37(29)64-42/h14-15,18-24,33-34,39,44H,7-13,16-17H2,1-6H3,(H,49,51)(H,50,52)(H,54,59). The van der Waals surface area contributed by atoms with Crippen LogP contribution in [0.5, 0.6) is 5.75 Å². The van der Waals surface area contributed by atoms with E-state index in [2.05, 4.69) is 21.4 Å². The maximum Gasteiger partial charge on any atom is 0.410 e. The Morgan fingerprint density at radius 3 is 2.31 bits per heavy atom. The van der Waals surface area contributed by atoms with Crippen LogP contribution in [0.25, 0.3) is 44.7 Å². The smallest absolute Gasteiger partial charge is 0.410 e. The van der Waals surface area contributed by atoms with Crippen molar-refractivity contribution < 1.29 is 33.0 Å². The molecule has 0 bridgehead atoms. The molecule has 4 aliphatic rings. The van der Waals surface area contributed by atoms with Crippen LogP contribution in [-0.2, 0) is 27.1 Å². The molecule has 3 N–H and O–H groups in total. The highest BCUT2D eigenvalue weighted by Gasteiger charge is 2.39. The molecule has 2 aromatic carbocycles. The number of ether oxygens (including phenoxy) is 3. The van der Waals surface area contributed by atoms with Crippen LogP contribution < -0.4 is 10.1 Å². The SMILES string of the molecule is COC(=O)NC(C(=O)N1CCCC1c1ncc(-c2cc(F)c3c(c2)OC(c2nc4c(s2)CCC4)n2c-3cc3cc(-c4cnc(C5CCCN5C(=O)OC(C)(C)C)[nH]4)ccc32)[nH]1)C(C)C. The first-order chi connectivity index (χ1) is 30.7. The highest BCUT2D eigenvalue weighted by molar-refractivity contribution is 7.11. The summed E-state index contributed by atoms with van der Waals surface area (Å²) < 4.78 is 36.2. The van der Waals surface area contributed by atoms with Gasteiger partial charge in [-0.2, -0.15) is 0 Å². The van der Waals surface area contributed by atoms with Gasteiger partial charge in [-0.05, 0) is 102 Å².